The number of halogens is 3. The summed E-state index contributed by atoms with van der Waals surface area (Å²) in [4.78, 5) is 16.2. The second-order valence-corrected chi connectivity index (χ2v) is 6.86. The van der Waals surface area contributed by atoms with Gasteiger partial charge in [-0.15, -0.1) is 13.2 Å². The quantitative estimate of drug-likeness (QED) is 0.641. The number of H-pyrrole nitrogens is 1. The van der Waals surface area contributed by atoms with Gasteiger partial charge in [0.15, 0.2) is 5.43 Å². The van der Waals surface area contributed by atoms with E-state index in [9.17, 15) is 18.0 Å². The molecule has 2 aromatic carbocycles. The van der Waals surface area contributed by atoms with Crippen LogP contribution >= 0.6 is 0 Å². The lowest BCUT2D eigenvalue weighted by molar-refractivity contribution is -0.274. The molecule has 0 fully saturated rings. The first kappa shape index (κ1) is 20.0. The largest absolute Gasteiger partial charge is 0.573 e. The Balaban J connectivity index is 1.53. The number of benzene rings is 2. The summed E-state index contributed by atoms with van der Waals surface area (Å²) in [5, 5.41) is 0. The maximum absolute atomic E-state index is 12.9. The van der Waals surface area contributed by atoms with Gasteiger partial charge in [0.2, 0.25) is 0 Å². The van der Waals surface area contributed by atoms with Crippen LogP contribution < -0.4 is 14.9 Å². The van der Waals surface area contributed by atoms with Gasteiger partial charge in [-0.1, -0.05) is 12.1 Å². The zero-order valence-electron chi connectivity index (χ0n) is 16.0. The number of fused-ring (bicyclic) bond motifs is 1. The van der Waals surface area contributed by atoms with Gasteiger partial charge in [0.25, 0.3) is 0 Å². The van der Waals surface area contributed by atoms with Gasteiger partial charge in [-0.05, 0) is 48.9 Å². The van der Waals surface area contributed by atoms with Gasteiger partial charge in [-0.3, -0.25) is 4.79 Å². The average Bonchev–Trinajstić information content (AvgIpc) is 2.70. The van der Waals surface area contributed by atoms with Gasteiger partial charge in [-0.2, -0.15) is 0 Å². The van der Waals surface area contributed by atoms with E-state index in [2.05, 4.69) is 9.72 Å². The van der Waals surface area contributed by atoms with E-state index in [4.69, 9.17) is 9.47 Å². The Hall–Kier alpha value is -3.26. The van der Waals surface area contributed by atoms with E-state index in [1.807, 2.05) is 6.92 Å². The van der Waals surface area contributed by atoms with Crippen molar-refractivity contribution in [1.82, 2.24) is 4.98 Å². The van der Waals surface area contributed by atoms with Gasteiger partial charge in [0.1, 0.15) is 17.2 Å². The molecule has 0 spiro atoms. The second-order valence-electron chi connectivity index (χ2n) is 6.86. The van der Waals surface area contributed by atoms with Crippen molar-refractivity contribution >= 4 is 0 Å². The summed E-state index contributed by atoms with van der Waals surface area (Å²) in [5.74, 6) is 0.520. The van der Waals surface area contributed by atoms with Crippen molar-refractivity contribution in [1.29, 1.82) is 0 Å². The van der Waals surface area contributed by atoms with E-state index in [-0.39, 0.29) is 11.2 Å². The number of aryl methyl sites for hydroxylation is 1. The Morgan fingerprint density at radius 1 is 0.967 bits per heavy atom. The van der Waals surface area contributed by atoms with E-state index in [1.54, 1.807) is 24.3 Å². The summed E-state index contributed by atoms with van der Waals surface area (Å²) < 4.78 is 51.6. The normalized spacial score (nSPS) is 13.6. The Morgan fingerprint density at radius 2 is 1.57 bits per heavy atom. The molecule has 0 saturated heterocycles. The van der Waals surface area contributed by atoms with E-state index in [1.165, 1.54) is 24.3 Å². The molecule has 0 amide bonds. The number of aromatic amines is 1. The third-order valence-corrected chi connectivity index (χ3v) is 4.76. The molecular formula is C22H18F3NO4. The predicted octanol–water partition coefficient (Wildman–Crippen LogP) is 5.11. The molecule has 0 atom stereocenters. The first-order valence-electron chi connectivity index (χ1n) is 9.26. The Labute approximate surface area is 170 Å². The first-order chi connectivity index (χ1) is 14.3. The van der Waals surface area contributed by atoms with Gasteiger partial charge in [0, 0.05) is 28.9 Å². The van der Waals surface area contributed by atoms with Crippen LogP contribution in [0.15, 0.2) is 53.3 Å². The topological polar surface area (TPSA) is 60.6 Å². The predicted molar refractivity (Wildman–Crippen MR) is 104 cm³/mol. The fourth-order valence-corrected chi connectivity index (χ4v) is 3.42. The number of aromatic nitrogens is 1. The van der Waals surface area contributed by atoms with Crippen molar-refractivity contribution in [2.75, 3.05) is 6.61 Å². The molecule has 1 aliphatic rings. The van der Waals surface area contributed by atoms with Crippen LogP contribution in [0.3, 0.4) is 0 Å². The third-order valence-electron chi connectivity index (χ3n) is 4.76. The summed E-state index contributed by atoms with van der Waals surface area (Å²) in [7, 11) is 0. The first-order valence-corrected chi connectivity index (χ1v) is 9.26. The van der Waals surface area contributed by atoms with Crippen LogP contribution in [0.4, 0.5) is 13.2 Å². The lowest BCUT2D eigenvalue weighted by Gasteiger charge is -2.18. The molecule has 0 bridgehead atoms. The highest BCUT2D eigenvalue weighted by Gasteiger charge is 2.31. The molecule has 1 aliphatic heterocycles. The molecule has 0 unspecified atom stereocenters. The third kappa shape index (κ3) is 4.33. The van der Waals surface area contributed by atoms with Crippen molar-refractivity contribution in [2.45, 2.75) is 26.3 Å². The summed E-state index contributed by atoms with van der Waals surface area (Å²) in [6.07, 6.45) is -4.05. The average molecular weight is 417 g/mol. The minimum absolute atomic E-state index is 0.0464. The minimum atomic E-state index is -4.74. The number of ether oxygens (including phenoxy) is 3. The number of hydrogen-bond donors (Lipinski definition) is 1. The molecule has 0 radical (unpaired) electrons. The minimum Gasteiger partial charge on any atom is -0.457 e. The van der Waals surface area contributed by atoms with Crippen molar-refractivity contribution in [3.05, 3.63) is 75.7 Å². The number of hydrogen-bond acceptors (Lipinski definition) is 4. The van der Waals surface area contributed by atoms with Gasteiger partial charge >= 0.3 is 6.36 Å². The molecule has 3 aromatic rings. The summed E-state index contributed by atoms with van der Waals surface area (Å²) in [6, 6.07) is 12.0. The van der Waals surface area contributed by atoms with E-state index >= 15 is 0 Å². The Kier molecular flexibility index (Phi) is 5.26. The lowest BCUT2D eigenvalue weighted by Crippen LogP contribution is -2.24. The van der Waals surface area contributed by atoms with Crippen LogP contribution in [0.25, 0.3) is 11.1 Å². The highest BCUT2D eigenvalue weighted by Crippen LogP contribution is 2.29. The molecule has 156 valence electrons. The van der Waals surface area contributed by atoms with Crippen LogP contribution in [0.1, 0.15) is 17.0 Å². The molecule has 0 saturated carbocycles. The van der Waals surface area contributed by atoms with Gasteiger partial charge < -0.3 is 19.2 Å². The maximum atomic E-state index is 12.9. The zero-order chi connectivity index (χ0) is 21.3. The van der Waals surface area contributed by atoms with Gasteiger partial charge in [-0.25, -0.2) is 0 Å². The van der Waals surface area contributed by atoms with Crippen molar-refractivity contribution in [2.24, 2.45) is 0 Å². The second kappa shape index (κ2) is 7.87. The van der Waals surface area contributed by atoms with Gasteiger partial charge in [0.05, 0.1) is 13.2 Å². The van der Waals surface area contributed by atoms with Crippen LogP contribution in [-0.4, -0.2) is 18.0 Å². The highest BCUT2D eigenvalue weighted by atomic mass is 19.4. The summed E-state index contributed by atoms with van der Waals surface area (Å²) in [6.45, 7) is 2.76. The molecule has 8 heteroatoms. The van der Waals surface area contributed by atoms with Crippen molar-refractivity contribution < 1.29 is 27.4 Å². The summed E-state index contributed by atoms with van der Waals surface area (Å²) >= 11 is 0. The maximum Gasteiger partial charge on any atom is 0.573 e. The standard InChI is InChI=1S/C22H18F3NO4/c1-13-20(21(27)18-12-28-11-10-19(18)26-13)14-2-4-15(5-3-14)29-16-6-8-17(9-7-16)30-22(23,24)25/h2-9H,10-12H2,1H3,(H,26,27). The number of pyridine rings is 1. The van der Waals surface area contributed by atoms with E-state index < -0.39 is 6.36 Å². The zero-order valence-corrected chi connectivity index (χ0v) is 16.0. The van der Waals surface area contributed by atoms with Crippen LogP contribution in [-0.2, 0) is 17.8 Å². The Bertz CT molecular complexity index is 1100. The molecule has 1 aromatic heterocycles. The Morgan fingerprint density at radius 3 is 2.20 bits per heavy atom. The van der Waals surface area contributed by atoms with Crippen LogP contribution in [0.2, 0.25) is 0 Å². The lowest BCUT2D eigenvalue weighted by atomic mass is 9.98. The molecule has 1 N–H and O–H groups in total. The molecule has 0 aliphatic carbocycles. The smallest absolute Gasteiger partial charge is 0.457 e. The van der Waals surface area contributed by atoms with E-state index in [0.717, 1.165) is 17.0 Å². The molecule has 4 rings (SSSR count). The number of alkyl halides is 3. The number of rotatable bonds is 4. The summed E-state index contributed by atoms with van der Waals surface area (Å²) in [5.41, 5.74) is 3.64. The molecule has 2 heterocycles. The molecule has 30 heavy (non-hydrogen) atoms. The molecular weight excluding hydrogens is 399 g/mol. The van der Waals surface area contributed by atoms with E-state index in [0.29, 0.717) is 42.3 Å². The van der Waals surface area contributed by atoms with Crippen molar-refractivity contribution in [3.63, 3.8) is 0 Å². The molecule has 5 nitrogen and oxygen atoms in total. The highest BCUT2D eigenvalue weighted by molar-refractivity contribution is 5.67. The van der Waals surface area contributed by atoms with Crippen LogP contribution in [0.5, 0.6) is 17.2 Å². The fraction of sp³-hybridized carbons (Fsp3) is 0.227. The monoisotopic (exact) mass is 417 g/mol. The van der Waals surface area contributed by atoms with Crippen LogP contribution in [0, 0.1) is 6.92 Å². The SMILES string of the molecule is Cc1[nH]c2c(c(=O)c1-c1ccc(Oc3ccc(OC(F)(F)F)cc3)cc1)COCC2. The number of nitrogens with one attached hydrogen (secondary N) is 1. The van der Waals surface area contributed by atoms with Crippen molar-refractivity contribution in [3.8, 4) is 28.4 Å². The fourth-order valence-electron chi connectivity index (χ4n) is 3.42.